The summed E-state index contributed by atoms with van der Waals surface area (Å²) in [6, 6.07) is 7.06. The maximum absolute atomic E-state index is 12.0. The normalized spacial score (nSPS) is 10.9. The number of tetrazole rings is 1. The van der Waals surface area contributed by atoms with E-state index >= 15 is 0 Å². The Bertz CT molecular complexity index is 1200. The first-order valence-corrected chi connectivity index (χ1v) is 10.5. The number of ether oxygens (including phenoxy) is 1. The predicted octanol–water partition coefficient (Wildman–Crippen LogP) is 4.90. The summed E-state index contributed by atoms with van der Waals surface area (Å²) in [6.07, 6.45) is 0. The van der Waals surface area contributed by atoms with Crippen molar-refractivity contribution in [2.24, 2.45) is 7.05 Å². The zero-order chi connectivity index (χ0) is 20.5. The molecule has 4 aromatic rings. The monoisotopic (exact) mass is 466 g/mol. The molecule has 0 fully saturated rings. The topological polar surface area (TPSA) is 94.8 Å². The van der Waals surface area contributed by atoms with Gasteiger partial charge in [0.1, 0.15) is 9.75 Å². The summed E-state index contributed by atoms with van der Waals surface area (Å²) in [5, 5.41) is 18.1. The van der Waals surface area contributed by atoms with E-state index in [1.165, 1.54) is 29.8 Å². The molecule has 0 atom stereocenters. The molecule has 0 aliphatic rings. The van der Waals surface area contributed by atoms with Crippen LogP contribution in [0.15, 0.2) is 29.6 Å². The largest absolute Gasteiger partial charge is 0.465 e. The molecule has 3 heterocycles. The second kappa shape index (κ2) is 8.07. The third-order valence-corrected chi connectivity index (χ3v) is 6.52. The van der Waals surface area contributed by atoms with E-state index in [0.29, 0.717) is 37.3 Å². The summed E-state index contributed by atoms with van der Waals surface area (Å²) in [4.78, 5) is 17.9. The number of esters is 1. The van der Waals surface area contributed by atoms with Crippen LogP contribution in [0, 0.1) is 0 Å². The summed E-state index contributed by atoms with van der Waals surface area (Å²) in [7, 11) is 3.09. The minimum atomic E-state index is -0.415. The van der Waals surface area contributed by atoms with Crippen molar-refractivity contribution in [2.45, 2.75) is 0 Å². The standard InChI is InChI=1S/C17H12Cl2N6O2S2/c1-25-15(22-23-24-25)14-12(8-3-4-9(18)10(19)7-8)21-17(29-14)20-11-5-6-28-13(11)16(26)27-2/h3-7H,1-2H3,(H,20,21). The lowest BCUT2D eigenvalue weighted by molar-refractivity contribution is 0.0607. The Balaban J connectivity index is 1.80. The third kappa shape index (κ3) is 3.84. The Morgan fingerprint density at radius 1 is 1.24 bits per heavy atom. The minimum Gasteiger partial charge on any atom is -0.465 e. The van der Waals surface area contributed by atoms with Gasteiger partial charge in [-0.05, 0) is 34.0 Å². The first-order valence-electron chi connectivity index (χ1n) is 8.09. The van der Waals surface area contributed by atoms with Crippen LogP contribution < -0.4 is 5.32 Å². The molecule has 0 bridgehead atoms. The molecule has 0 aliphatic heterocycles. The maximum Gasteiger partial charge on any atom is 0.350 e. The Morgan fingerprint density at radius 2 is 2.07 bits per heavy atom. The minimum absolute atomic E-state index is 0.415. The molecular formula is C17H12Cl2N6O2S2. The highest BCUT2D eigenvalue weighted by Gasteiger charge is 2.21. The molecule has 8 nitrogen and oxygen atoms in total. The van der Waals surface area contributed by atoms with Crippen LogP contribution in [0.3, 0.4) is 0 Å². The molecule has 0 radical (unpaired) electrons. The van der Waals surface area contributed by atoms with Gasteiger partial charge in [-0.3, -0.25) is 0 Å². The van der Waals surface area contributed by atoms with Crippen LogP contribution in [-0.4, -0.2) is 38.3 Å². The second-order valence-corrected chi connectivity index (χ2v) is 8.46. The van der Waals surface area contributed by atoms with E-state index in [1.807, 2.05) is 6.07 Å². The number of carbonyl (C=O) groups excluding carboxylic acids is 1. The number of thiophene rings is 1. The fourth-order valence-corrected chi connectivity index (χ4v) is 4.64. The molecule has 29 heavy (non-hydrogen) atoms. The van der Waals surface area contributed by atoms with Gasteiger partial charge in [0.15, 0.2) is 11.0 Å². The molecule has 1 aromatic carbocycles. The number of benzene rings is 1. The van der Waals surface area contributed by atoms with Gasteiger partial charge in [0.05, 0.1) is 28.5 Å². The zero-order valence-electron chi connectivity index (χ0n) is 15.0. The van der Waals surface area contributed by atoms with Crippen LogP contribution in [0.5, 0.6) is 0 Å². The molecular weight excluding hydrogens is 455 g/mol. The number of carbonyl (C=O) groups is 1. The van der Waals surface area contributed by atoms with Gasteiger partial charge in [0, 0.05) is 12.6 Å². The lowest BCUT2D eigenvalue weighted by Crippen LogP contribution is -2.01. The number of nitrogens with zero attached hydrogens (tertiary/aromatic N) is 5. The number of rotatable bonds is 5. The van der Waals surface area contributed by atoms with E-state index in [2.05, 4.69) is 20.8 Å². The van der Waals surface area contributed by atoms with Crippen molar-refractivity contribution in [3.8, 4) is 22.0 Å². The van der Waals surface area contributed by atoms with Gasteiger partial charge >= 0.3 is 5.97 Å². The van der Waals surface area contributed by atoms with Crippen LogP contribution in [0.25, 0.3) is 22.0 Å². The van der Waals surface area contributed by atoms with Crippen LogP contribution in [0.4, 0.5) is 10.8 Å². The third-order valence-electron chi connectivity index (χ3n) is 3.92. The smallest absolute Gasteiger partial charge is 0.350 e. The van der Waals surface area contributed by atoms with Gasteiger partial charge in [-0.25, -0.2) is 14.5 Å². The molecule has 3 aromatic heterocycles. The van der Waals surface area contributed by atoms with Crippen molar-refractivity contribution in [3.05, 3.63) is 44.6 Å². The number of hydrogen-bond acceptors (Lipinski definition) is 9. The van der Waals surface area contributed by atoms with E-state index in [4.69, 9.17) is 32.9 Å². The van der Waals surface area contributed by atoms with E-state index in [9.17, 15) is 4.79 Å². The van der Waals surface area contributed by atoms with Crippen molar-refractivity contribution < 1.29 is 9.53 Å². The Morgan fingerprint density at radius 3 is 2.76 bits per heavy atom. The van der Waals surface area contributed by atoms with Crippen molar-refractivity contribution >= 4 is 62.7 Å². The highest BCUT2D eigenvalue weighted by atomic mass is 35.5. The number of thiazole rings is 1. The predicted molar refractivity (Wildman–Crippen MR) is 114 cm³/mol. The molecule has 0 amide bonds. The van der Waals surface area contributed by atoms with Crippen LogP contribution >= 0.6 is 45.9 Å². The number of aryl methyl sites for hydroxylation is 1. The highest BCUT2D eigenvalue weighted by Crippen LogP contribution is 2.40. The lowest BCUT2D eigenvalue weighted by Gasteiger charge is -2.03. The van der Waals surface area contributed by atoms with E-state index in [1.54, 1.807) is 35.3 Å². The summed E-state index contributed by atoms with van der Waals surface area (Å²) >= 11 is 14.9. The first kappa shape index (κ1) is 19.8. The number of nitrogens with one attached hydrogen (secondary N) is 1. The van der Waals surface area contributed by atoms with Gasteiger partial charge in [0.25, 0.3) is 0 Å². The van der Waals surface area contributed by atoms with Crippen molar-refractivity contribution in [1.29, 1.82) is 0 Å². The lowest BCUT2D eigenvalue weighted by atomic mass is 10.1. The SMILES string of the molecule is COC(=O)c1sccc1Nc1nc(-c2ccc(Cl)c(Cl)c2)c(-c2nnnn2C)s1. The molecule has 0 saturated carbocycles. The second-order valence-electron chi connectivity index (χ2n) is 5.73. The molecule has 0 spiro atoms. The Hall–Kier alpha value is -2.53. The van der Waals surface area contributed by atoms with E-state index < -0.39 is 5.97 Å². The molecule has 0 unspecified atom stereocenters. The highest BCUT2D eigenvalue weighted by molar-refractivity contribution is 7.19. The zero-order valence-corrected chi connectivity index (χ0v) is 18.2. The van der Waals surface area contributed by atoms with Gasteiger partial charge < -0.3 is 10.1 Å². The van der Waals surface area contributed by atoms with E-state index in [-0.39, 0.29) is 0 Å². The molecule has 4 rings (SSSR count). The van der Waals surface area contributed by atoms with Crippen molar-refractivity contribution in [1.82, 2.24) is 25.2 Å². The van der Waals surface area contributed by atoms with Gasteiger partial charge in [0.2, 0.25) is 0 Å². The molecule has 1 N–H and O–H groups in total. The molecule has 0 aliphatic carbocycles. The Labute approximate surface area is 183 Å². The summed E-state index contributed by atoms with van der Waals surface area (Å²) < 4.78 is 6.39. The molecule has 148 valence electrons. The number of anilines is 2. The van der Waals surface area contributed by atoms with Gasteiger partial charge in [-0.2, -0.15) is 0 Å². The average Bonchev–Trinajstić information content (AvgIpc) is 3.43. The van der Waals surface area contributed by atoms with Crippen LogP contribution in [-0.2, 0) is 11.8 Å². The number of halogens is 2. The van der Waals surface area contributed by atoms with Crippen molar-refractivity contribution in [3.63, 3.8) is 0 Å². The molecule has 0 saturated heterocycles. The number of hydrogen-bond donors (Lipinski definition) is 1. The quantitative estimate of drug-likeness (QED) is 0.417. The Kier molecular flexibility index (Phi) is 5.50. The number of aromatic nitrogens is 5. The van der Waals surface area contributed by atoms with Gasteiger partial charge in [-0.15, -0.1) is 16.4 Å². The summed E-state index contributed by atoms with van der Waals surface area (Å²) in [5.74, 6) is 0.136. The number of methoxy groups -OCH3 is 1. The average molecular weight is 467 g/mol. The fraction of sp³-hybridized carbons (Fsp3) is 0.118. The maximum atomic E-state index is 12.0. The summed E-state index contributed by atoms with van der Waals surface area (Å²) in [5.41, 5.74) is 2.02. The molecule has 12 heteroatoms. The van der Waals surface area contributed by atoms with Gasteiger partial charge in [-0.1, -0.05) is 40.6 Å². The summed E-state index contributed by atoms with van der Waals surface area (Å²) in [6.45, 7) is 0. The van der Waals surface area contributed by atoms with Crippen molar-refractivity contribution in [2.75, 3.05) is 12.4 Å². The fourth-order valence-electron chi connectivity index (χ4n) is 2.56. The first-order chi connectivity index (χ1) is 14.0. The van der Waals surface area contributed by atoms with Crippen LogP contribution in [0.1, 0.15) is 9.67 Å². The van der Waals surface area contributed by atoms with E-state index in [0.717, 1.165) is 10.4 Å². The van der Waals surface area contributed by atoms with Crippen LogP contribution in [0.2, 0.25) is 10.0 Å².